The summed E-state index contributed by atoms with van der Waals surface area (Å²) in [6, 6.07) is 0. The minimum atomic E-state index is -1.49. The highest BCUT2D eigenvalue weighted by Crippen LogP contribution is 2.21. The summed E-state index contributed by atoms with van der Waals surface area (Å²) in [5.41, 5.74) is 0. The van der Waals surface area contributed by atoms with E-state index in [-0.39, 0.29) is 13.2 Å². The zero-order valence-corrected chi connectivity index (χ0v) is 10.2. The highest BCUT2D eigenvalue weighted by molar-refractivity contribution is 5.81. The van der Waals surface area contributed by atoms with Crippen molar-refractivity contribution >= 4 is 5.97 Å². The minimum Gasteiger partial charge on any atom is -0.460 e. The number of aliphatic hydroxyl groups excluding tert-OH is 4. The predicted molar refractivity (Wildman–Crippen MR) is 60.9 cm³/mol. The van der Waals surface area contributed by atoms with E-state index in [0.29, 0.717) is 0 Å². The molecule has 0 unspecified atom stereocenters. The normalized spacial score (nSPS) is 34.8. The summed E-state index contributed by atoms with van der Waals surface area (Å²) < 4.78 is 14.8. The van der Waals surface area contributed by atoms with Crippen molar-refractivity contribution in [2.75, 3.05) is 19.8 Å². The zero-order valence-electron chi connectivity index (χ0n) is 10.2. The van der Waals surface area contributed by atoms with Gasteiger partial charge in [-0.05, 0) is 0 Å². The van der Waals surface area contributed by atoms with Gasteiger partial charge in [-0.15, -0.1) is 0 Å². The summed E-state index contributed by atoms with van der Waals surface area (Å²) in [6.45, 7) is 2.52. The Kier molecular flexibility index (Phi) is 6.35. The van der Waals surface area contributed by atoms with E-state index in [2.05, 4.69) is 11.3 Å². The van der Waals surface area contributed by atoms with Crippen LogP contribution in [0.3, 0.4) is 0 Å². The van der Waals surface area contributed by atoms with Gasteiger partial charge < -0.3 is 34.6 Å². The maximum atomic E-state index is 10.7. The molecule has 1 saturated heterocycles. The molecule has 19 heavy (non-hydrogen) atoms. The van der Waals surface area contributed by atoms with Crippen LogP contribution in [0.4, 0.5) is 0 Å². The molecule has 0 aliphatic carbocycles. The van der Waals surface area contributed by atoms with Crippen molar-refractivity contribution in [3.63, 3.8) is 0 Å². The van der Waals surface area contributed by atoms with Crippen LogP contribution < -0.4 is 0 Å². The van der Waals surface area contributed by atoms with Crippen LogP contribution in [0.25, 0.3) is 0 Å². The number of aliphatic hydroxyl groups is 4. The Labute approximate surface area is 109 Å². The third-order valence-corrected chi connectivity index (χ3v) is 2.62. The van der Waals surface area contributed by atoms with E-state index < -0.39 is 43.3 Å². The lowest BCUT2D eigenvalue weighted by molar-refractivity contribution is -0.302. The molecule has 8 heteroatoms. The molecule has 1 aliphatic rings. The first-order valence-electron chi connectivity index (χ1n) is 5.72. The van der Waals surface area contributed by atoms with Gasteiger partial charge in [0.25, 0.3) is 0 Å². The number of hydrogen-bond donors (Lipinski definition) is 4. The zero-order chi connectivity index (χ0) is 14.4. The number of carbonyl (C=O) groups excluding carboxylic acids is 1. The highest BCUT2D eigenvalue weighted by atomic mass is 16.7. The third-order valence-electron chi connectivity index (χ3n) is 2.62. The number of hydrogen-bond acceptors (Lipinski definition) is 8. The van der Waals surface area contributed by atoms with E-state index >= 15 is 0 Å². The van der Waals surface area contributed by atoms with Gasteiger partial charge in [-0.1, -0.05) is 6.58 Å². The van der Waals surface area contributed by atoms with E-state index in [1.165, 1.54) is 0 Å². The monoisotopic (exact) mass is 278 g/mol. The fraction of sp³-hybridized carbons (Fsp3) is 0.727. The van der Waals surface area contributed by atoms with Crippen molar-refractivity contribution in [1.82, 2.24) is 0 Å². The second-order valence-electron chi connectivity index (χ2n) is 3.94. The average Bonchev–Trinajstić information content (AvgIpc) is 2.42. The minimum absolute atomic E-state index is 0.0811. The Morgan fingerprint density at radius 1 is 1.21 bits per heavy atom. The van der Waals surface area contributed by atoms with Crippen molar-refractivity contribution in [2.24, 2.45) is 0 Å². The number of ether oxygens (including phenoxy) is 3. The van der Waals surface area contributed by atoms with E-state index in [0.717, 1.165) is 6.08 Å². The second kappa shape index (κ2) is 7.53. The quantitative estimate of drug-likeness (QED) is 0.239. The summed E-state index contributed by atoms with van der Waals surface area (Å²) in [5.74, 6) is -0.614. The predicted octanol–water partition coefficient (Wildman–Crippen LogP) is -2.47. The molecule has 0 aromatic heterocycles. The Morgan fingerprint density at radius 3 is 2.47 bits per heavy atom. The molecule has 0 amide bonds. The van der Waals surface area contributed by atoms with Crippen LogP contribution in [0.1, 0.15) is 0 Å². The lowest BCUT2D eigenvalue weighted by Crippen LogP contribution is -2.59. The molecule has 0 radical (unpaired) electrons. The Morgan fingerprint density at radius 2 is 1.89 bits per heavy atom. The van der Waals surface area contributed by atoms with Gasteiger partial charge in [0.1, 0.15) is 31.0 Å². The molecule has 1 aliphatic heterocycles. The van der Waals surface area contributed by atoms with Crippen molar-refractivity contribution in [3.8, 4) is 0 Å². The molecule has 0 spiro atoms. The number of esters is 1. The van der Waals surface area contributed by atoms with Gasteiger partial charge in [-0.2, -0.15) is 0 Å². The fourth-order valence-electron chi connectivity index (χ4n) is 1.57. The number of carbonyl (C=O) groups is 1. The molecule has 110 valence electrons. The lowest BCUT2D eigenvalue weighted by Gasteiger charge is -2.39. The molecule has 0 aromatic rings. The molecule has 0 aromatic carbocycles. The van der Waals surface area contributed by atoms with Gasteiger partial charge in [-0.3, -0.25) is 0 Å². The molecule has 4 N–H and O–H groups in total. The van der Waals surface area contributed by atoms with Crippen molar-refractivity contribution in [2.45, 2.75) is 30.7 Å². The Hall–Kier alpha value is -1.03. The van der Waals surface area contributed by atoms with Crippen LogP contribution >= 0.6 is 0 Å². The molecular formula is C11H18O8. The molecule has 0 bridgehead atoms. The molecular weight excluding hydrogens is 260 g/mol. The molecule has 0 saturated carbocycles. The summed E-state index contributed by atoms with van der Waals surface area (Å²) in [5, 5.41) is 37.6. The van der Waals surface area contributed by atoms with Crippen molar-refractivity contribution in [1.29, 1.82) is 0 Å². The van der Waals surface area contributed by atoms with Crippen LogP contribution in [-0.4, -0.2) is 76.9 Å². The Bertz CT molecular complexity index is 305. The summed E-state index contributed by atoms with van der Waals surface area (Å²) in [4.78, 5) is 10.7. The van der Waals surface area contributed by atoms with Crippen LogP contribution in [0.5, 0.6) is 0 Å². The number of rotatable bonds is 6. The smallest absolute Gasteiger partial charge is 0.330 e. The topological polar surface area (TPSA) is 126 Å². The first kappa shape index (κ1) is 16.0. The average molecular weight is 278 g/mol. The van der Waals surface area contributed by atoms with Gasteiger partial charge in [-0.25, -0.2) is 4.79 Å². The lowest BCUT2D eigenvalue weighted by atomic mass is 9.99. The third kappa shape index (κ3) is 4.23. The molecule has 1 heterocycles. The van der Waals surface area contributed by atoms with Gasteiger partial charge in [0.15, 0.2) is 6.29 Å². The largest absolute Gasteiger partial charge is 0.460 e. The fourth-order valence-corrected chi connectivity index (χ4v) is 1.57. The van der Waals surface area contributed by atoms with Crippen LogP contribution in [0.2, 0.25) is 0 Å². The van der Waals surface area contributed by atoms with Crippen LogP contribution in [0.15, 0.2) is 12.7 Å². The SMILES string of the molecule is C=CC(=O)OCCO[C@H]1O[C@H](CO)[C@@H](O)[C@H](O)[C@H]1O. The summed E-state index contributed by atoms with van der Waals surface area (Å²) in [6.07, 6.45) is -5.65. The van der Waals surface area contributed by atoms with Crippen molar-refractivity contribution in [3.05, 3.63) is 12.7 Å². The second-order valence-corrected chi connectivity index (χ2v) is 3.94. The molecule has 5 atom stereocenters. The maximum Gasteiger partial charge on any atom is 0.330 e. The van der Waals surface area contributed by atoms with Gasteiger partial charge in [0, 0.05) is 6.08 Å². The van der Waals surface area contributed by atoms with Gasteiger partial charge in [0.2, 0.25) is 0 Å². The molecule has 1 rings (SSSR count). The Balaban J connectivity index is 2.39. The first-order valence-corrected chi connectivity index (χ1v) is 5.72. The van der Waals surface area contributed by atoms with E-state index in [1.807, 2.05) is 0 Å². The summed E-state index contributed by atoms with van der Waals surface area (Å²) >= 11 is 0. The van der Waals surface area contributed by atoms with Crippen LogP contribution in [-0.2, 0) is 19.0 Å². The maximum absolute atomic E-state index is 10.7. The van der Waals surface area contributed by atoms with E-state index in [1.54, 1.807) is 0 Å². The van der Waals surface area contributed by atoms with Crippen molar-refractivity contribution < 1.29 is 39.4 Å². The van der Waals surface area contributed by atoms with Gasteiger partial charge >= 0.3 is 5.97 Å². The first-order chi connectivity index (χ1) is 9.01. The van der Waals surface area contributed by atoms with E-state index in [9.17, 15) is 20.1 Å². The summed E-state index contributed by atoms with van der Waals surface area (Å²) in [7, 11) is 0. The molecule has 8 nitrogen and oxygen atoms in total. The standard InChI is InChI=1S/C11H18O8/c1-2-7(13)17-3-4-18-11-10(16)9(15)8(14)6(5-12)19-11/h2,6,8-12,14-16H,1,3-5H2/t6-,8-,9+,10-,11+/m1/s1. The highest BCUT2D eigenvalue weighted by Gasteiger charge is 2.43. The van der Waals surface area contributed by atoms with Gasteiger partial charge in [0.05, 0.1) is 13.2 Å². The van der Waals surface area contributed by atoms with Crippen LogP contribution in [0, 0.1) is 0 Å². The molecule has 1 fully saturated rings. The van der Waals surface area contributed by atoms with E-state index in [4.69, 9.17) is 14.6 Å².